The zero-order chi connectivity index (χ0) is 52.0. The highest BCUT2D eigenvalue weighted by Gasteiger charge is 2.25. The highest BCUT2D eigenvalue weighted by atomic mass is 31.2. The molecule has 420 valence electrons. The normalized spacial score (nSPS) is 14.1. The van der Waals surface area contributed by atoms with E-state index in [9.17, 15) is 29.3 Å². The van der Waals surface area contributed by atoms with Gasteiger partial charge >= 0.3 is 19.8 Å². The molecule has 70 heavy (non-hydrogen) atoms. The van der Waals surface area contributed by atoms with Gasteiger partial charge in [0, 0.05) is 12.8 Å². The fourth-order valence-electron chi connectivity index (χ4n) is 8.68. The van der Waals surface area contributed by atoms with Crippen LogP contribution in [0.2, 0.25) is 0 Å². The van der Waals surface area contributed by atoms with Gasteiger partial charge in [0.15, 0.2) is 0 Å². The van der Waals surface area contributed by atoms with Crippen LogP contribution in [0.4, 0.5) is 0 Å². The Balaban J connectivity index is 0. The van der Waals surface area contributed by atoms with Crippen molar-refractivity contribution in [3.63, 3.8) is 0 Å². The van der Waals surface area contributed by atoms with Crippen LogP contribution >= 0.6 is 7.82 Å². The minimum absolute atomic E-state index is 0.259. The van der Waals surface area contributed by atoms with Crippen molar-refractivity contribution >= 4 is 19.8 Å². The van der Waals surface area contributed by atoms with Gasteiger partial charge in [-0.2, -0.15) is 0 Å². The van der Waals surface area contributed by atoms with Gasteiger partial charge in [-0.15, -0.1) is 0 Å². The second-order valence-corrected chi connectivity index (χ2v) is 22.1. The van der Waals surface area contributed by atoms with Crippen LogP contribution < -0.4 is 5.32 Å². The van der Waals surface area contributed by atoms with E-state index in [1.807, 2.05) is 0 Å². The number of rotatable bonds is 54. The molecule has 0 aromatic rings. The predicted molar refractivity (Wildman–Crippen MR) is 294 cm³/mol. The van der Waals surface area contributed by atoms with E-state index in [1.54, 1.807) is 0 Å². The van der Waals surface area contributed by atoms with Crippen LogP contribution in [0.25, 0.3) is 0 Å². The van der Waals surface area contributed by atoms with E-state index in [1.165, 1.54) is 219 Å². The molecule has 12 heteroatoms. The number of phosphoric acid groups is 1. The topological polar surface area (TPSA) is 161 Å². The number of hydrogen-bond acceptors (Lipinski definition) is 10. The summed E-state index contributed by atoms with van der Waals surface area (Å²) in [6, 6.07) is 0. The Morgan fingerprint density at radius 2 is 0.657 bits per heavy atom. The van der Waals surface area contributed by atoms with Crippen LogP contribution in [0.3, 0.4) is 0 Å². The molecule has 4 unspecified atom stereocenters. The van der Waals surface area contributed by atoms with Crippen molar-refractivity contribution in [2.75, 3.05) is 39.5 Å². The molecule has 11 nitrogen and oxygen atoms in total. The molecule has 0 heterocycles. The van der Waals surface area contributed by atoms with E-state index in [0.717, 1.165) is 50.4 Å². The standard InChI is InChI=1S/C42H83O10P.C16H35N/c1-3-5-7-9-11-13-15-17-19-21-23-25-27-29-31-33-41(45)49-35-39(43)37-51-53(47,48)52-38-40(44)36-50-42(46)34-32-30-28-26-24-22-20-18-16-14-12-10-8-6-4-2;1-5-9-11-15(7-3)13-17-14-16(8-4)12-10-6-2/h39-40,43-44H,3-38H2,1-2H3,(H,47,48);15-17H,5-14H2,1-4H3. The SMILES string of the molecule is CCCCC(CC)CNCC(CC)CCCC.CCCCCCCCCCCCCCCCCC(=O)OCC(O)COP(=O)(O)OCC(O)COC(=O)CCCCCCCCCCCCCCCCC. The van der Waals surface area contributed by atoms with Gasteiger partial charge in [0.1, 0.15) is 25.4 Å². The molecule has 0 bridgehead atoms. The number of aliphatic hydroxyl groups is 2. The first-order valence-corrected chi connectivity index (χ1v) is 31.5. The van der Waals surface area contributed by atoms with Crippen LogP contribution in [0.1, 0.15) is 298 Å². The van der Waals surface area contributed by atoms with Gasteiger partial charge in [-0.3, -0.25) is 18.6 Å². The van der Waals surface area contributed by atoms with Crippen molar-refractivity contribution in [3.8, 4) is 0 Å². The van der Waals surface area contributed by atoms with Gasteiger partial charge in [0.25, 0.3) is 0 Å². The van der Waals surface area contributed by atoms with Crippen molar-refractivity contribution in [2.45, 2.75) is 311 Å². The van der Waals surface area contributed by atoms with E-state index in [-0.39, 0.29) is 26.1 Å². The van der Waals surface area contributed by atoms with Crippen molar-refractivity contribution in [2.24, 2.45) is 11.8 Å². The Labute approximate surface area is 433 Å². The van der Waals surface area contributed by atoms with Gasteiger partial charge in [-0.25, -0.2) is 4.57 Å². The van der Waals surface area contributed by atoms with Crippen molar-refractivity contribution in [1.29, 1.82) is 0 Å². The monoisotopic (exact) mass is 1020 g/mol. The van der Waals surface area contributed by atoms with Crippen LogP contribution in [0, 0.1) is 11.8 Å². The molecule has 0 radical (unpaired) electrons. The lowest BCUT2D eigenvalue weighted by Crippen LogP contribution is -2.28. The van der Waals surface area contributed by atoms with Crippen LogP contribution in [0.15, 0.2) is 0 Å². The number of hydrogen-bond donors (Lipinski definition) is 4. The van der Waals surface area contributed by atoms with E-state index >= 15 is 0 Å². The van der Waals surface area contributed by atoms with E-state index < -0.39 is 45.2 Å². The fourth-order valence-corrected chi connectivity index (χ4v) is 9.47. The Kier molecular flexibility index (Phi) is 56.5. The molecule has 0 rings (SSSR count). The number of esters is 2. The van der Waals surface area contributed by atoms with Crippen molar-refractivity contribution in [1.82, 2.24) is 5.32 Å². The van der Waals surface area contributed by atoms with Gasteiger partial charge < -0.3 is 29.9 Å². The average molecular weight is 1020 g/mol. The summed E-state index contributed by atoms with van der Waals surface area (Å²) in [7, 11) is -4.59. The van der Waals surface area contributed by atoms with E-state index in [4.69, 9.17) is 18.5 Å². The molecule has 0 aliphatic rings. The van der Waals surface area contributed by atoms with Gasteiger partial charge in [0.05, 0.1) is 13.2 Å². The Morgan fingerprint density at radius 1 is 0.400 bits per heavy atom. The highest BCUT2D eigenvalue weighted by molar-refractivity contribution is 7.47. The second kappa shape index (κ2) is 55.7. The molecule has 4 N–H and O–H groups in total. The van der Waals surface area contributed by atoms with Gasteiger partial charge in [0.2, 0.25) is 0 Å². The lowest BCUT2D eigenvalue weighted by molar-refractivity contribution is -0.147. The predicted octanol–water partition coefficient (Wildman–Crippen LogP) is 16.5. The first kappa shape index (κ1) is 71.0. The minimum atomic E-state index is -4.59. The summed E-state index contributed by atoms with van der Waals surface area (Å²) in [6.07, 6.45) is 46.1. The summed E-state index contributed by atoms with van der Waals surface area (Å²) >= 11 is 0. The number of unbranched alkanes of at least 4 members (excludes halogenated alkanes) is 30. The third kappa shape index (κ3) is 54.7. The smallest absolute Gasteiger partial charge is 0.463 e. The van der Waals surface area contributed by atoms with E-state index in [2.05, 4.69) is 46.9 Å². The third-order valence-corrected chi connectivity index (χ3v) is 14.6. The molecular formula is C58H118NO10P. The summed E-state index contributed by atoms with van der Waals surface area (Å²) < 4.78 is 31.7. The van der Waals surface area contributed by atoms with Crippen LogP contribution in [-0.2, 0) is 32.7 Å². The molecule has 0 aromatic carbocycles. The number of phosphoric ester groups is 1. The second-order valence-electron chi connectivity index (χ2n) is 20.6. The summed E-state index contributed by atoms with van der Waals surface area (Å²) in [4.78, 5) is 33.8. The molecule has 0 amide bonds. The van der Waals surface area contributed by atoms with Crippen LogP contribution in [-0.4, -0.2) is 78.8 Å². The lowest BCUT2D eigenvalue weighted by Gasteiger charge is -2.19. The largest absolute Gasteiger partial charge is 0.472 e. The molecule has 0 saturated heterocycles. The number of nitrogens with one attached hydrogen (secondary N) is 1. The molecule has 0 saturated carbocycles. The summed E-state index contributed by atoms with van der Waals surface area (Å²) in [5, 5.41) is 23.7. The molecule has 0 aromatic heterocycles. The molecule has 0 aliphatic carbocycles. The maximum absolute atomic E-state index is 12.1. The van der Waals surface area contributed by atoms with Crippen molar-refractivity contribution < 1.29 is 47.8 Å². The third-order valence-electron chi connectivity index (χ3n) is 13.7. The fraction of sp³-hybridized carbons (Fsp3) is 0.966. The molecule has 4 atom stereocenters. The van der Waals surface area contributed by atoms with Crippen LogP contribution in [0.5, 0.6) is 0 Å². The number of carbonyl (C=O) groups is 2. The average Bonchev–Trinajstić information content (AvgIpc) is 3.35. The first-order chi connectivity index (χ1) is 34.0. The lowest BCUT2D eigenvalue weighted by atomic mass is 9.97. The summed E-state index contributed by atoms with van der Waals surface area (Å²) in [5.74, 6) is 0.941. The quantitative estimate of drug-likeness (QED) is 0.0261. The van der Waals surface area contributed by atoms with Gasteiger partial charge in [-0.1, -0.05) is 260 Å². The molecule has 0 fully saturated rings. The number of carbonyl (C=O) groups excluding carboxylic acids is 2. The van der Waals surface area contributed by atoms with Gasteiger partial charge in [-0.05, 0) is 50.6 Å². The molecule has 0 aliphatic heterocycles. The molecule has 0 spiro atoms. The molecular weight excluding hydrogens is 902 g/mol. The minimum Gasteiger partial charge on any atom is -0.463 e. The first-order valence-electron chi connectivity index (χ1n) is 30.0. The summed E-state index contributed by atoms with van der Waals surface area (Å²) in [5.41, 5.74) is 0. The van der Waals surface area contributed by atoms with E-state index in [0.29, 0.717) is 0 Å². The van der Waals surface area contributed by atoms with Crippen molar-refractivity contribution in [3.05, 3.63) is 0 Å². The Bertz CT molecular complexity index is 1050. The zero-order valence-electron chi connectivity index (χ0n) is 47.0. The Morgan fingerprint density at radius 3 is 0.914 bits per heavy atom. The maximum Gasteiger partial charge on any atom is 0.472 e. The number of ether oxygens (including phenoxy) is 2. The zero-order valence-corrected chi connectivity index (χ0v) is 47.9. The highest BCUT2D eigenvalue weighted by Crippen LogP contribution is 2.43. The Hall–Kier alpha value is -1.07. The number of aliphatic hydroxyl groups excluding tert-OH is 2. The summed E-state index contributed by atoms with van der Waals surface area (Å²) in [6.45, 7) is 14.3. The maximum atomic E-state index is 12.1.